The van der Waals surface area contributed by atoms with Crippen molar-refractivity contribution < 1.29 is 9.59 Å². The molecule has 1 aliphatic heterocycles. The van der Waals surface area contributed by atoms with Gasteiger partial charge in [0.1, 0.15) is 0 Å². The number of halogens is 2. The van der Waals surface area contributed by atoms with Crippen molar-refractivity contribution in [1.82, 2.24) is 4.90 Å². The van der Waals surface area contributed by atoms with Crippen LogP contribution >= 0.6 is 27.5 Å². The second-order valence-electron chi connectivity index (χ2n) is 3.70. The van der Waals surface area contributed by atoms with Crippen molar-refractivity contribution in [2.75, 3.05) is 18.0 Å². The first-order valence-corrected chi connectivity index (χ1v) is 6.22. The fraction of sp³-hybridized carbons (Fsp3) is 0.273. The van der Waals surface area contributed by atoms with E-state index < -0.39 is 0 Å². The molecule has 0 atom stereocenters. The lowest BCUT2D eigenvalue weighted by molar-refractivity contribution is -0.125. The SMILES string of the molecule is CC(=O)N1CCN(c2ccc(Br)cc2Cl)C1=O. The maximum atomic E-state index is 11.9. The van der Waals surface area contributed by atoms with Gasteiger partial charge in [0.2, 0.25) is 5.91 Å². The van der Waals surface area contributed by atoms with E-state index in [2.05, 4.69) is 15.9 Å². The van der Waals surface area contributed by atoms with Gasteiger partial charge in [-0.25, -0.2) is 4.79 Å². The van der Waals surface area contributed by atoms with Crippen molar-refractivity contribution in [2.45, 2.75) is 6.92 Å². The van der Waals surface area contributed by atoms with Crippen LogP contribution in [0.15, 0.2) is 22.7 Å². The fourth-order valence-corrected chi connectivity index (χ4v) is 2.53. The number of nitrogens with zero attached hydrogens (tertiary/aromatic N) is 2. The molecule has 4 nitrogen and oxygen atoms in total. The first kappa shape index (κ1) is 12.4. The molecule has 17 heavy (non-hydrogen) atoms. The van der Waals surface area contributed by atoms with Gasteiger partial charge in [0.05, 0.1) is 10.7 Å². The van der Waals surface area contributed by atoms with E-state index in [0.29, 0.717) is 23.8 Å². The highest BCUT2D eigenvalue weighted by Gasteiger charge is 2.32. The maximum Gasteiger partial charge on any atom is 0.331 e. The van der Waals surface area contributed by atoms with Gasteiger partial charge in [0.15, 0.2) is 0 Å². The van der Waals surface area contributed by atoms with Gasteiger partial charge in [-0.05, 0) is 18.2 Å². The Morgan fingerprint density at radius 3 is 2.65 bits per heavy atom. The third-order valence-corrected chi connectivity index (χ3v) is 3.39. The lowest BCUT2D eigenvalue weighted by atomic mass is 10.3. The summed E-state index contributed by atoms with van der Waals surface area (Å²) in [5.74, 6) is -0.245. The Bertz CT molecular complexity index is 492. The van der Waals surface area contributed by atoms with E-state index in [1.54, 1.807) is 12.1 Å². The lowest BCUT2D eigenvalue weighted by Crippen LogP contribution is -2.34. The van der Waals surface area contributed by atoms with E-state index in [4.69, 9.17) is 11.6 Å². The van der Waals surface area contributed by atoms with Gasteiger partial charge < -0.3 is 0 Å². The number of hydrogen-bond donors (Lipinski definition) is 0. The van der Waals surface area contributed by atoms with Crippen molar-refractivity contribution in [2.24, 2.45) is 0 Å². The highest BCUT2D eigenvalue weighted by molar-refractivity contribution is 9.10. The Balaban J connectivity index is 2.30. The Kier molecular flexibility index (Phi) is 3.40. The molecule has 0 saturated carbocycles. The summed E-state index contributed by atoms with van der Waals surface area (Å²) in [6, 6.07) is 4.97. The number of carbonyl (C=O) groups is 2. The van der Waals surface area contributed by atoms with E-state index in [0.717, 1.165) is 4.47 Å². The van der Waals surface area contributed by atoms with Gasteiger partial charge >= 0.3 is 6.03 Å². The molecule has 0 aliphatic carbocycles. The molecule has 0 spiro atoms. The van der Waals surface area contributed by atoms with Crippen LogP contribution in [0.4, 0.5) is 10.5 Å². The molecule has 0 radical (unpaired) electrons. The van der Waals surface area contributed by atoms with E-state index in [9.17, 15) is 9.59 Å². The van der Waals surface area contributed by atoms with Crippen molar-refractivity contribution in [1.29, 1.82) is 0 Å². The molecule has 1 aromatic rings. The zero-order chi connectivity index (χ0) is 12.6. The summed E-state index contributed by atoms with van der Waals surface area (Å²) < 4.78 is 0.848. The molecule has 0 unspecified atom stereocenters. The van der Waals surface area contributed by atoms with Gasteiger partial charge in [-0.3, -0.25) is 14.6 Å². The summed E-state index contributed by atoms with van der Waals surface area (Å²) >= 11 is 9.38. The Morgan fingerprint density at radius 1 is 1.41 bits per heavy atom. The van der Waals surface area contributed by atoms with Crippen LogP contribution in [0, 0.1) is 0 Å². The average Bonchev–Trinajstić information content (AvgIpc) is 2.60. The molecule has 1 heterocycles. The largest absolute Gasteiger partial charge is 0.331 e. The van der Waals surface area contributed by atoms with Crippen LogP contribution in [0.2, 0.25) is 5.02 Å². The summed E-state index contributed by atoms with van der Waals surface area (Å²) in [6.45, 7) is 2.25. The minimum absolute atomic E-state index is 0.245. The van der Waals surface area contributed by atoms with E-state index in [-0.39, 0.29) is 11.9 Å². The molecular weight excluding hydrogens is 307 g/mol. The zero-order valence-corrected chi connectivity index (χ0v) is 11.5. The minimum atomic E-state index is -0.318. The molecule has 0 bridgehead atoms. The van der Waals surface area contributed by atoms with Crippen molar-refractivity contribution >= 4 is 45.2 Å². The number of urea groups is 1. The lowest BCUT2D eigenvalue weighted by Gasteiger charge is -2.18. The van der Waals surface area contributed by atoms with Crippen molar-refractivity contribution in [3.05, 3.63) is 27.7 Å². The number of amides is 3. The molecule has 2 rings (SSSR count). The molecule has 3 amide bonds. The predicted octanol–water partition coefficient (Wildman–Crippen LogP) is 2.89. The molecule has 6 heteroatoms. The minimum Gasteiger partial charge on any atom is -0.291 e. The first-order valence-electron chi connectivity index (χ1n) is 5.05. The summed E-state index contributed by atoms with van der Waals surface area (Å²) in [7, 11) is 0. The quantitative estimate of drug-likeness (QED) is 0.799. The topological polar surface area (TPSA) is 40.6 Å². The fourth-order valence-electron chi connectivity index (χ4n) is 1.75. The standard InChI is InChI=1S/C11H10BrClN2O2/c1-7(16)14-4-5-15(11(14)17)10-3-2-8(12)6-9(10)13/h2-3,6H,4-5H2,1H3. The number of imide groups is 1. The second kappa shape index (κ2) is 4.66. The molecule has 1 aromatic carbocycles. The molecular formula is C11H10BrClN2O2. The Morgan fingerprint density at radius 2 is 2.12 bits per heavy atom. The summed E-state index contributed by atoms with van der Waals surface area (Å²) in [5.41, 5.74) is 0.628. The van der Waals surface area contributed by atoms with E-state index in [1.165, 1.54) is 16.7 Å². The normalized spacial score (nSPS) is 15.6. The van der Waals surface area contributed by atoms with Gasteiger partial charge in [0, 0.05) is 24.5 Å². The van der Waals surface area contributed by atoms with Crippen LogP contribution in [0.1, 0.15) is 6.92 Å². The summed E-state index contributed by atoms with van der Waals surface area (Å²) in [5, 5.41) is 0.484. The average molecular weight is 318 g/mol. The third-order valence-electron chi connectivity index (χ3n) is 2.59. The molecule has 1 fully saturated rings. The first-order chi connectivity index (χ1) is 8.00. The van der Waals surface area contributed by atoms with Crippen LogP contribution in [0.3, 0.4) is 0 Å². The zero-order valence-electron chi connectivity index (χ0n) is 9.11. The third kappa shape index (κ3) is 2.30. The van der Waals surface area contributed by atoms with Crippen molar-refractivity contribution in [3.8, 4) is 0 Å². The van der Waals surface area contributed by atoms with Gasteiger partial charge in [-0.15, -0.1) is 0 Å². The summed E-state index contributed by atoms with van der Waals surface area (Å²) in [4.78, 5) is 25.9. The van der Waals surface area contributed by atoms with E-state index >= 15 is 0 Å². The highest BCUT2D eigenvalue weighted by atomic mass is 79.9. The number of rotatable bonds is 1. The second-order valence-corrected chi connectivity index (χ2v) is 5.02. The molecule has 1 aliphatic rings. The van der Waals surface area contributed by atoms with Crippen LogP contribution in [0.25, 0.3) is 0 Å². The number of hydrogen-bond acceptors (Lipinski definition) is 2. The number of benzene rings is 1. The molecule has 0 aromatic heterocycles. The van der Waals surface area contributed by atoms with Gasteiger partial charge in [0.25, 0.3) is 0 Å². The Hall–Kier alpha value is -1.07. The molecule has 0 N–H and O–H groups in total. The molecule has 90 valence electrons. The smallest absolute Gasteiger partial charge is 0.291 e. The molecule has 1 saturated heterocycles. The monoisotopic (exact) mass is 316 g/mol. The van der Waals surface area contributed by atoms with E-state index in [1.807, 2.05) is 6.07 Å². The highest BCUT2D eigenvalue weighted by Crippen LogP contribution is 2.31. The maximum absolute atomic E-state index is 11.9. The van der Waals surface area contributed by atoms with Gasteiger partial charge in [-0.2, -0.15) is 0 Å². The summed E-state index contributed by atoms with van der Waals surface area (Å²) in [6.07, 6.45) is 0. The predicted molar refractivity (Wildman–Crippen MR) is 69.3 cm³/mol. The van der Waals surface area contributed by atoms with Crippen LogP contribution in [-0.2, 0) is 4.79 Å². The van der Waals surface area contributed by atoms with Crippen LogP contribution in [-0.4, -0.2) is 29.9 Å². The van der Waals surface area contributed by atoms with Gasteiger partial charge in [-0.1, -0.05) is 27.5 Å². The number of carbonyl (C=O) groups excluding carboxylic acids is 2. The Labute approximate surface area is 112 Å². The number of anilines is 1. The van der Waals surface area contributed by atoms with Crippen molar-refractivity contribution in [3.63, 3.8) is 0 Å². The van der Waals surface area contributed by atoms with Crippen LogP contribution in [0.5, 0.6) is 0 Å². The van der Waals surface area contributed by atoms with Crippen LogP contribution < -0.4 is 4.90 Å².